The topological polar surface area (TPSA) is 35.5 Å². The molecule has 3 nitrogen and oxygen atoms in total. The van der Waals surface area contributed by atoms with Crippen LogP contribution < -0.4 is 0 Å². The van der Waals surface area contributed by atoms with Crippen molar-refractivity contribution in [3.8, 4) is 0 Å². The van der Waals surface area contributed by atoms with Crippen LogP contribution in [0.3, 0.4) is 0 Å². The molecule has 0 aromatic carbocycles. The van der Waals surface area contributed by atoms with Gasteiger partial charge in [-0.3, -0.25) is 0 Å². The molecular formula is C24H42O3. The Morgan fingerprint density at radius 1 is 1.22 bits per heavy atom. The van der Waals surface area contributed by atoms with Gasteiger partial charge >= 0.3 is 5.97 Å². The minimum atomic E-state index is -0.518. The average molecular weight is 379 g/mol. The van der Waals surface area contributed by atoms with Crippen LogP contribution in [0.15, 0.2) is 23.5 Å². The average Bonchev–Trinajstić information content (AvgIpc) is 3.06. The van der Waals surface area contributed by atoms with E-state index in [0.717, 1.165) is 25.7 Å². The summed E-state index contributed by atoms with van der Waals surface area (Å²) in [6, 6.07) is 0. The number of allylic oxidation sites excluding steroid dienone is 3. The van der Waals surface area contributed by atoms with Crippen molar-refractivity contribution in [2.24, 2.45) is 11.8 Å². The number of unbranched alkanes of at least 4 members (excludes halogenated alkanes) is 2. The Morgan fingerprint density at radius 2 is 2.00 bits per heavy atom. The molecule has 1 saturated carbocycles. The summed E-state index contributed by atoms with van der Waals surface area (Å²) in [5, 5.41) is 0. The van der Waals surface area contributed by atoms with Gasteiger partial charge in [-0.05, 0) is 83.1 Å². The summed E-state index contributed by atoms with van der Waals surface area (Å²) in [4.78, 5) is 12.1. The lowest BCUT2D eigenvalue weighted by atomic mass is 9.96. The zero-order chi connectivity index (χ0) is 20.1. The normalized spacial score (nSPS) is 20.3. The van der Waals surface area contributed by atoms with E-state index in [-0.39, 0.29) is 5.97 Å². The van der Waals surface area contributed by atoms with E-state index < -0.39 is 6.10 Å². The molecule has 0 aromatic heterocycles. The van der Waals surface area contributed by atoms with Gasteiger partial charge in [0.2, 0.25) is 0 Å². The van der Waals surface area contributed by atoms with Crippen LogP contribution in [-0.4, -0.2) is 18.7 Å². The molecule has 3 heteroatoms. The summed E-state index contributed by atoms with van der Waals surface area (Å²) >= 11 is 0. The van der Waals surface area contributed by atoms with E-state index in [0.29, 0.717) is 18.4 Å². The van der Waals surface area contributed by atoms with Gasteiger partial charge in [0.05, 0.1) is 12.9 Å². The molecule has 0 spiro atoms. The van der Waals surface area contributed by atoms with Crippen molar-refractivity contribution in [3.05, 3.63) is 23.5 Å². The molecule has 1 aliphatic carbocycles. The van der Waals surface area contributed by atoms with Crippen molar-refractivity contribution >= 4 is 5.97 Å². The highest BCUT2D eigenvalue weighted by Gasteiger charge is 2.22. The minimum absolute atomic E-state index is 0.246. The molecule has 1 fully saturated rings. The summed E-state index contributed by atoms with van der Waals surface area (Å²) < 4.78 is 11.1. The van der Waals surface area contributed by atoms with Gasteiger partial charge in [0.25, 0.3) is 0 Å². The van der Waals surface area contributed by atoms with Crippen molar-refractivity contribution in [1.29, 1.82) is 0 Å². The fourth-order valence-corrected chi connectivity index (χ4v) is 3.59. The van der Waals surface area contributed by atoms with Gasteiger partial charge in [-0.2, -0.15) is 0 Å². The van der Waals surface area contributed by atoms with Gasteiger partial charge in [0.15, 0.2) is 6.10 Å². The van der Waals surface area contributed by atoms with E-state index in [2.05, 4.69) is 33.8 Å². The first-order chi connectivity index (χ1) is 12.9. The molecule has 1 rings (SSSR count). The number of esters is 1. The predicted octanol–water partition coefficient (Wildman–Crippen LogP) is 6.97. The highest BCUT2D eigenvalue weighted by Crippen LogP contribution is 2.34. The molecule has 0 aromatic rings. The second-order valence-corrected chi connectivity index (χ2v) is 8.48. The third kappa shape index (κ3) is 10.6. The molecule has 3 atom stereocenters. The van der Waals surface area contributed by atoms with Crippen molar-refractivity contribution in [2.45, 2.75) is 105 Å². The Bertz CT molecular complexity index is 474. The summed E-state index contributed by atoms with van der Waals surface area (Å²) in [5.74, 6) is 0.972. The third-order valence-corrected chi connectivity index (χ3v) is 5.52. The van der Waals surface area contributed by atoms with Gasteiger partial charge in [0.1, 0.15) is 0 Å². The van der Waals surface area contributed by atoms with Crippen LogP contribution in [0.1, 0.15) is 98.8 Å². The smallest absolute Gasteiger partial charge is 0.346 e. The Kier molecular flexibility index (Phi) is 12.2. The van der Waals surface area contributed by atoms with Crippen molar-refractivity contribution < 1.29 is 14.3 Å². The van der Waals surface area contributed by atoms with Gasteiger partial charge in [-0.15, -0.1) is 0 Å². The van der Waals surface area contributed by atoms with Crippen LogP contribution >= 0.6 is 0 Å². The molecule has 0 amide bonds. The van der Waals surface area contributed by atoms with Gasteiger partial charge in [0, 0.05) is 0 Å². The Labute approximate surface area is 167 Å². The summed E-state index contributed by atoms with van der Waals surface area (Å²) in [6.07, 6.45) is 15.5. The first-order valence-electron chi connectivity index (χ1n) is 11.1. The van der Waals surface area contributed by atoms with Gasteiger partial charge in [-0.25, -0.2) is 4.79 Å². The number of rotatable bonds is 13. The second-order valence-electron chi connectivity index (χ2n) is 8.48. The highest BCUT2D eigenvalue weighted by molar-refractivity contribution is 5.74. The first-order valence-corrected chi connectivity index (χ1v) is 11.1. The van der Waals surface area contributed by atoms with E-state index in [1.807, 2.05) is 6.26 Å². The Balaban J connectivity index is 2.26. The van der Waals surface area contributed by atoms with Crippen molar-refractivity contribution in [3.63, 3.8) is 0 Å². The minimum Gasteiger partial charge on any atom is -0.487 e. The zero-order valence-corrected chi connectivity index (χ0v) is 18.4. The van der Waals surface area contributed by atoms with Gasteiger partial charge in [-0.1, -0.05) is 44.8 Å². The van der Waals surface area contributed by atoms with Crippen LogP contribution in [0.5, 0.6) is 0 Å². The lowest BCUT2D eigenvalue weighted by molar-refractivity contribution is -0.153. The number of hydrogen-bond acceptors (Lipinski definition) is 3. The number of hydrogen-bond donors (Lipinski definition) is 0. The third-order valence-electron chi connectivity index (χ3n) is 5.52. The lowest BCUT2D eigenvalue weighted by Crippen LogP contribution is -2.22. The molecule has 0 N–H and O–H groups in total. The first kappa shape index (κ1) is 23.8. The molecule has 1 aliphatic rings. The molecule has 0 saturated heterocycles. The molecule has 0 radical (unpaired) electrons. The molecule has 0 bridgehead atoms. The summed E-state index contributed by atoms with van der Waals surface area (Å²) in [6.45, 7) is 11.0. The number of ether oxygens (including phenoxy) is 2. The van der Waals surface area contributed by atoms with Gasteiger partial charge < -0.3 is 9.47 Å². The quantitative estimate of drug-likeness (QED) is 0.150. The molecule has 0 heterocycles. The predicted molar refractivity (Wildman–Crippen MR) is 114 cm³/mol. The van der Waals surface area contributed by atoms with Crippen LogP contribution in [0.25, 0.3) is 0 Å². The van der Waals surface area contributed by atoms with Crippen LogP contribution in [0.4, 0.5) is 0 Å². The van der Waals surface area contributed by atoms with Crippen LogP contribution in [0, 0.1) is 11.8 Å². The maximum Gasteiger partial charge on any atom is 0.346 e. The largest absolute Gasteiger partial charge is 0.487 e. The number of carbonyl (C=O) groups excluding carboxylic acids is 1. The lowest BCUT2D eigenvalue weighted by Gasteiger charge is -2.16. The second kappa shape index (κ2) is 13.8. The molecule has 27 heavy (non-hydrogen) atoms. The van der Waals surface area contributed by atoms with E-state index in [9.17, 15) is 4.79 Å². The number of carbonyl (C=O) groups is 1. The standard InChI is InChI=1S/C24H42O3/c1-6-7-8-13-22-14-10-15-23(22)18-27-21(5)24(25)26-17-16-20(4)12-9-11-19(2)3/h11,18,20-22H,6-10,12-17H2,1-5H3. The van der Waals surface area contributed by atoms with Crippen molar-refractivity contribution in [1.82, 2.24) is 0 Å². The molecule has 156 valence electrons. The Hall–Kier alpha value is -1.25. The van der Waals surface area contributed by atoms with E-state index in [4.69, 9.17) is 9.47 Å². The molecular weight excluding hydrogens is 336 g/mol. The van der Waals surface area contributed by atoms with Crippen LogP contribution in [-0.2, 0) is 14.3 Å². The summed E-state index contributed by atoms with van der Waals surface area (Å²) in [5.41, 5.74) is 2.75. The van der Waals surface area contributed by atoms with E-state index >= 15 is 0 Å². The van der Waals surface area contributed by atoms with Crippen molar-refractivity contribution in [2.75, 3.05) is 6.61 Å². The summed E-state index contributed by atoms with van der Waals surface area (Å²) in [7, 11) is 0. The monoisotopic (exact) mass is 378 g/mol. The zero-order valence-electron chi connectivity index (χ0n) is 18.4. The Morgan fingerprint density at radius 3 is 2.70 bits per heavy atom. The molecule has 0 aliphatic heterocycles. The molecule has 3 unspecified atom stereocenters. The maximum atomic E-state index is 12.1. The van der Waals surface area contributed by atoms with Crippen LogP contribution in [0.2, 0.25) is 0 Å². The maximum absolute atomic E-state index is 12.1. The SMILES string of the molecule is CCCCCC1CCCC1=COC(C)C(=O)OCCC(C)CCC=C(C)C. The fraction of sp³-hybridized carbons (Fsp3) is 0.792. The highest BCUT2D eigenvalue weighted by atomic mass is 16.6. The van der Waals surface area contributed by atoms with E-state index in [1.165, 1.54) is 49.7 Å². The van der Waals surface area contributed by atoms with E-state index in [1.54, 1.807) is 6.92 Å². The fourth-order valence-electron chi connectivity index (χ4n) is 3.59.